The molecule has 2 N–H and O–H groups in total. The Morgan fingerprint density at radius 3 is 2.50 bits per heavy atom. The molecule has 0 aromatic rings. The molecule has 2 aliphatic heterocycles. The second kappa shape index (κ2) is 9.67. The number of nitrogens with one attached hydrogen (secondary N) is 1. The van der Waals surface area contributed by atoms with E-state index in [0.717, 1.165) is 64.3 Å². The van der Waals surface area contributed by atoms with E-state index in [9.17, 15) is 9.59 Å². The van der Waals surface area contributed by atoms with Crippen LogP contribution in [0, 0.1) is 5.92 Å². The van der Waals surface area contributed by atoms with E-state index < -0.39 is 5.97 Å². The number of carboxylic acids is 1. The van der Waals surface area contributed by atoms with Crippen LogP contribution >= 0.6 is 0 Å². The van der Waals surface area contributed by atoms with Crippen molar-refractivity contribution in [2.45, 2.75) is 57.1 Å². The largest absolute Gasteiger partial charge is 0.480 e. The molecule has 3 rings (SSSR count). The van der Waals surface area contributed by atoms with Crippen molar-refractivity contribution in [2.24, 2.45) is 5.92 Å². The van der Waals surface area contributed by atoms with Crippen molar-refractivity contribution in [1.29, 1.82) is 0 Å². The van der Waals surface area contributed by atoms with Gasteiger partial charge < -0.3 is 20.1 Å². The Balaban J connectivity index is 1.36. The van der Waals surface area contributed by atoms with Gasteiger partial charge in [-0.05, 0) is 70.5 Å². The number of aliphatic carboxylic acids is 1. The molecule has 26 heavy (non-hydrogen) atoms. The van der Waals surface area contributed by atoms with Crippen molar-refractivity contribution in [3.05, 3.63) is 0 Å². The van der Waals surface area contributed by atoms with Crippen LogP contribution in [0.4, 0.5) is 0 Å². The highest BCUT2D eigenvalue weighted by Gasteiger charge is 2.32. The Kier molecular flexibility index (Phi) is 7.28. The van der Waals surface area contributed by atoms with E-state index >= 15 is 0 Å². The fourth-order valence-electron chi connectivity index (χ4n) is 4.56. The lowest BCUT2D eigenvalue weighted by atomic mass is 9.91. The Hall–Kier alpha value is -1.18. The summed E-state index contributed by atoms with van der Waals surface area (Å²) in [5.74, 6) is 0.157. The maximum atomic E-state index is 12.6. The van der Waals surface area contributed by atoms with Crippen LogP contribution in [-0.4, -0.2) is 84.8 Å². The van der Waals surface area contributed by atoms with Crippen molar-refractivity contribution < 1.29 is 19.4 Å². The van der Waals surface area contributed by atoms with Gasteiger partial charge in [-0.2, -0.15) is 0 Å². The van der Waals surface area contributed by atoms with Gasteiger partial charge in [0.2, 0.25) is 5.91 Å². The maximum absolute atomic E-state index is 12.6. The summed E-state index contributed by atoms with van der Waals surface area (Å²) in [4.78, 5) is 27.6. The molecule has 0 atom stereocenters. The number of amides is 1. The fourth-order valence-corrected chi connectivity index (χ4v) is 4.56. The second-order valence-corrected chi connectivity index (χ2v) is 7.98. The summed E-state index contributed by atoms with van der Waals surface area (Å²) in [6.07, 6.45) is 7.31. The van der Waals surface area contributed by atoms with Gasteiger partial charge in [-0.15, -0.1) is 0 Å². The standard InChI is InChI=1S/C19H33N3O4/c23-18-13-21(10-7-15-5-8-20-9-6-15)11-12-22(18)16-1-3-17(4-2-16)26-14-19(24)25/h15-17,20H,1-14H2,(H,24,25)/t16-,17-. The molecule has 1 saturated carbocycles. The van der Waals surface area contributed by atoms with Crippen LogP contribution in [0.1, 0.15) is 44.9 Å². The molecule has 1 aliphatic carbocycles. The molecule has 2 heterocycles. The van der Waals surface area contributed by atoms with E-state index in [4.69, 9.17) is 9.84 Å². The predicted octanol–water partition coefficient (Wildman–Crippen LogP) is 0.933. The van der Waals surface area contributed by atoms with Crippen molar-refractivity contribution in [3.8, 4) is 0 Å². The molecular formula is C19H33N3O4. The highest BCUT2D eigenvalue weighted by molar-refractivity contribution is 5.79. The third-order valence-electron chi connectivity index (χ3n) is 6.18. The molecule has 0 bridgehead atoms. The lowest BCUT2D eigenvalue weighted by molar-refractivity contribution is -0.145. The topological polar surface area (TPSA) is 82.1 Å². The molecule has 3 fully saturated rings. The lowest BCUT2D eigenvalue weighted by Gasteiger charge is -2.42. The van der Waals surface area contributed by atoms with Gasteiger partial charge >= 0.3 is 5.97 Å². The zero-order valence-corrected chi connectivity index (χ0v) is 15.7. The van der Waals surface area contributed by atoms with Crippen LogP contribution in [0.5, 0.6) is 0 Å². The van der Waals surface area contributed by atoms with Gasteiger partial charge in [-0.3, -0.25) is 9.69 Å². The number of rotatable bonds is 7. The Labute approximate surface area is 156 Å². The van der Waals surface area contributed by atoms with Crippen LogP contribution in [0.25, 0.3) is 0 Å². The van der Waals surface area contributed by atoms with Gasteiger partial charge in [-0.1, -0.05) is 0 Å². The van der Waals surface area contributed by atoms with Crippen LogP contribution in [0.2, 0.25) is 0 Å². The minimum atomic E-state index is -0.914. The van der Waals surface area contributed by atoms with Crippen LogP contribution in [0.3, 0.4) is 0 Å². The third kappa shape index (κ3) is 5.66. The highest BCUT2D eigenvalue weighted by Crippen LogP contribution is 2.26. The van der Waals surface area contributed by atoms with Gasteiger partial charge in [0, 0.05) is 19.1 Å². The summed E-state index contributed by atoms with van der Waals surface area (Å²) in [6.45, 7) is 5.46. The summed E-state index contributed by atoms with van der Waals surface area (Å²) in [5.41, 5.74) is 0. The summed E-state index contributed by atoms with van der Waals surface area (Å²) < 4.78 is 5.40. The van der Waals surface area contributed by atoms with E-state index in [1.807, 2.05) is 0 Å². The molecule has 0 spiro atoms. The van der Waals surface area contributed by atoms with E-state index in [1.54, 1.807) is 0 Å². The van der Waals surface area contributed by atoms with Gasteiger partial charge in [0.25, 0.3) is 0 Å². The number of nitrogens with zero attached hydrogens (tertiary/aromatic N) is 2. The molecule has 148 valence electrons. The monoisotopic (exact) mass is 367 g/mol. The molecule has 0 aromatic carbocycles. The number of piperidine rings is 1. The van der Waals surface area contributed by atoms with Gasteiger partial charge in [-0.25, -0.2) is 4.79 Å². The first-order valence-corrected chi connectivity index (χ1v) is 10.2. The predicted molar refractivity (Wildman–Crippen MR) is 98.0 cm³/mol. The van der Waals surface area contributed by atoms with Crippen LogP contribution < -0.4 is 5.32 Å². The average Bonchev–Trinajstić information content (AvgIpc) is 2.66. The number of hydrogen-bond acceptors (Lipinski definition) is 5. The zero-order valence-electron chi connectivity index (χ0n) is 15.7. The molecule has 1 amide bonds. The average molecular weight is 367 g/mol. The quantitative estimate of drug-likeness (QED) is 0.697. The van der Waals surface area contributed by atoms with Crippen LogP contribution in [-0.2, 0) is 14.3 Å². The number of carboxylic acid groups (broad SMARTS) is 1. The number of ether oxygens (including phenoxy) is 1. The van der Waals surface area contributed by atoms with E-state index in [2.05, 4.69) is 15.1 Å². The van der Waals surface area contributed by atoms with Crippen molar-refractivity contribution in [2.75, 3.05) is 45.9 Å². The van der Waals surface area contributed by atoms with E-state index in [-0.39, 0.29) is 18.6 Å². The van der Waals surface area contributed by atoms with Crippen molar-refractivity contribution >= 4 is 11.9 Å². The molecule has 0 radical (unpaired) electrons. The summed E-state index contributed by atoms with van der Waals surface area (Å²) in [7, 11) is 0. The Morgan fingerprint density at radius 2 is 1.85 bits per heavy atom. The molecule has 7 nitrogen and oxygen atoms in total. The number of carbonyl (C=O) groups is 2. The molecule has 3 aliphatic rings. The Morgan fingerprint density at radius 1 is 1.12 bits per heavy atom. The zero-order chi connectivity index (χ0) is 18.4. The van der Waals surface area contributed by atoms with Crippen LogP contribution in [0.15, 0.2) is 0 Å². The van der Waals surface area contributed by atoms with Gasteiger partial charge in [0.1, 0.15) is 6.61 Å². The summed E-state index contributed by atoms with van der Waals surface area (Å²) in [5, 5.41) is 12.1. The summed E-state index contributed by atoms with van der Waals surface area (Å²) in [6, 6.07) is 0.304. The molecule has 2 saturated heterocycles. The fraction of sp³-hybridized carbons (Fsp3) is 0.895. The molecular weight excluding hydrogens is 334 g/mol. The number of carbonyl (C=O) groups excluding carboxylic acids is 1. The summed E-state index contributed by atoms with van der Waals surface area (Å²) >= 11 is 0. The normalized spacial score (nSPS) is 29.1. The number of hydrogen-bond donors (Lipinski definition) is 2. The smallest absolute Gasteiger partial charge is 0.329 e. The minimum absolute atomic E-state index is 0.0312. The SMILES string of the molecule is O=C(O)CO[C@H]1CC[C@H](N2CCN(CCC3CCNCC3)CC2=O)CC1. The highest BCUT2D eigenvalue weighted by atomic mass is 16.5. The molecule has 7 heteroatoms. The van der Waals surface area contributed by atoms with E-state index in [0.29, 0.717) is 12.6 Å². The lowest BCUT2D eigenvalue weighted by Crippen LogP contribution is -2.55. The van der Waals surface area contributed by atoms with Gasteiger partial charge in [0.05, 0.1) is 12.6 Å². The Bertz CT molecular complexity index is 473. The third-order valence-corrected chi connectivity index (χ3v) is 6.18. The maximum Gasteiger partial charge on any atom is 0.329 e. The van der Waals surface area contributed by atoms with Crippen molar-refractivity contribution in [1.82, 2.24) is 15.1 Å². The first-order valence-electron chi connectivity index (χ1n) is 10.2. The van der Waals surface area contributed by atoms with Crippen molar-refractivity contribution in [3.63, 3.8) is 0 Å². The first kappa shape index (κ1) is 19.6. The van der Waals surface area contributed by atoms with Gasteiger partial charge in [0.15, 0.2) is 0 Å². The minimum Gasteiger partial charge on any atom is -0.480 e. The van der Waals surface area contributed by atoms with E-state index in [1.165, 1.54) is 19.3 Å². The first-order chi connectivity index (χ1) is 12.6. The number of piperazine rings is 1. The second-order valence-electron chi connectivity index (χ2n) is 7.98. The molecule has 0 aromatic heterocycles. The molecule has 0 unspecified atom stereocenters.